The molecule has 1 fully saturated rings. The van der Waals surface area contributed by atoms with Gasteiger partial charge < -0.3 is 20.9 Å². The van der Waals surface area contributed by atoms with Crippen molar-refractivity contribution in [2.75, 3.05) is 35.6 Å². The topological polar surface area (TPSA) is 56.4 Å². The van der Waals surface area contributed by atoms with Crippen LogP contribution in [0.2, 0.25) is 0 Å². The highest BCUT2D eigenvalue weighted by Crippen LogP contribution is 2.33. The van der Waals surface area contributed by atoms with E-state index in [-0.39, 0.29) is 5.91 Å². The number of piperidine rings is 1. The highest BCUT2D eigenvalue weighted by atomic mass is 19.1. The van der Waals surface area contributed by atoms with Gasteiger partial charge in [0.25, 0.3) is 5.91 Å². The van der Waals surface area contributed by atoms with Gasteiger partial charge in [0.1, 0.15) is 5.82 Å². The van der Waals surface area contributed by atoms with Crippen LogP contribution in [-0.2, 0) is 4.79 Å². The Morgan fingerprint density at radius 1 is 1.26 bits per heavy atom. The number of amides is 1. The zero-order valence-electron chi connectivity index (χ0n) is 18.3. The maximum Gasteiger partial charge on any atom is 0.257 e. The fourth-order valence-electron chi connectivity index (χ4n) is 4.45. The molecular weight excluding hydrogens is 391 g/mol. The first kappa shape index (κ1) is 21.4. The van der Waals surface area contributed by atoms with Gasteiger partial charge in [0.2, 0.25) is 0 Å². The standard InChI is InChI=1S/C25H31FN4O/c1-17-15-19(28-16-20-24-21(26)8-5-9-23(24)29-25(20)31)10-11-22(17)27-12-6-14-30-13-4-3-7-18(30)2/h5,8-11,15-16,18,27-28H,3-4,6-7,12-14H2,1-2H3,(H,29,31). The third kappa shape index (κ3) is 4.90. The van der Waals surface area contributed by atoms with Gasteiger partial charge in [-0.3, -0.25) is 4.79 Å². The molecule has 0 spiro atoms. The summed E-state index contributed by atoms with van der Waals surface area (Å²) in [7, 11) is 0. The van der Waals surface area contributed by atoms with Crippen LogP contribution in [0.4, 0.5) is 21.5 Å². The average Bonchev–Trinajstić information content (AvgIpc) is 3.08. The van der Waals surface area contributed by atoms with Gasteiger partial charge in [-0.25, -0.2) is 4.39 Å². The Balaban J connectivity index is 1.33. The maximum atomic E-state index is 14.2. The maximum absolute atomic E-state index is 14.2. The fraction of sp³-hybridized carbons (Fsp3) is 0.400. The lowest BCUT2D eigenvalue weighted by Crippen LogP contribution is -2.38. The van der Waals surface area contributed by atoms with Crippen LogP contribution in [-0.4, -0.2) is 36.5 Å². The van der Waals surface area contributed by atoms with Gasteiger partial charge in [-0.1, -0.05) is 12.5 Å². The summed E-state index contributed by atoms with van der Waals surface area (Å²) in [6.45, 7) is 7.70. The van der Waals surface area contributed by atoms with E-state index in [9.17, 15) is 9.18 Å². The number of rotatable bonds is 7. The summed E-state index contributed by atoms with van der Waals surface area (Å²) in [5.41, 5.74) is 4.22. The van der Waals surface area contributed by atoms with Crippen molar-refractivity contribution < 1.29 is 9.18 Å². The Morgan fingerprint density at radius 2 is 2.13 bits per heavy atom. The van der Waals surface area contributed by atoms with Crippen LogP contribution in [0, 0.1) is 12.7 Å². The number of nitrogens with one attached hydrogen (secondary N) is 3. The molecule has 1 atom stereocenters. The number of fused-ring (bicyclic) bond motifs is 1. The number of benzene rings is 2. The smallest absolute Gasteiger partial charge is 0.257 e. The van der Waals surface area contributed by atoms with E-state index < -0.39 is 5.82 Å². The van der Waals surface area contributed by atoms with Gasteiger partial charge in [0.15, 0.2) is 0 Å². The zero-order chi connectivity index (χ0) is 21.8. The highest BCUT2D eigenvalue weighted by molar-refractivity contribution is 6.31. The second kappa shape index (κ2) is 9.52. The van der Waals surface area contributed by atoms with E-state index >= 15 is 0 Å². The molecule has 5 nitrogen and oxygen atoms in total. The van der Waals surface area contributed by atoms with Crippen LogP contribution in [0.15, 0.2) is 42.6 Å². The van der Waals surface area contributed by atoms with E-state index in [2.05, 4.69) is 34.7 Å². The first-order valence-electron chi connectivity index (χ1n) is 11.2. The van der Waals surface area contributed by atoms with Crippen molar-refractivity contribution in [1.82, 2.24) is 4.90 Å². The minimum atomic E-state index is -0.404. The molecule has 2 aromatic rings. The average molecular weight is 423 g/mol. The van der Waals surface area contributed by atoms with Crippen molar-refractivity contribution in [1.29, 1.82) is 0 Å². The predicted molar refractivity (Wildman–Crippen MR) is 126 cm³/mol. The lowest BCUT2D eigenvalue weighted by Gasteiger charge is -2.33. The van der Waals surface area contributed by atoms with Gasteiger partial charge in [-0.15, -0.1) is 0 Å². The molecule has 31 heavy (non-hydrogen) atoms. The van der Waals surface area contributed by atoms with Gasteiger partial charge in [-0.2, -0.15) is 0 Å². The molecular formula is C25H31FN4O. The molecule has 3 N–H and O–H groups in total. The van der Waals surface area contributed by atoms with Gasteiger partial charge >= 0.3 is 0 Å². The Bertz CT molecular complexity index is 987. The number of aryl methyl sites for hydroxylation is 1. The SMILES string of the molecule is Cc1cc(NC=C2C(=O)Nc3cccc(F)c32)ccc1NCCCN1CCCCC1C. The van der Waals surface area contributed by atoms with E-state index in [0.717, 1.165) is 36.4 Å². The fourth-order valence-corrected chi connectivity index (χ4v) is 4.45. The summed E-state index contributed by atoms with van der Waals surface area (Å²) < 4.78 is 14.2. The molecule has 0 aromatic heterocycles. The van der Waals surface area contributed by atoms with E-state index in [0.29, 0.717) is 22.9 Å². The van der Waals surface area contributed by atoms with Crippen LogP contribution < -0.4 is 16.0 Å². The van der Waals surface area contributed by atoms with Gasteiger partial charge in [0, 0.05) is 42.3 Å². The quantitative estimate of drug-likeness (QED) is 0.423. The molecule has 2 aliphatic rings. The second-order valence-corrected chi connectivity index (χ2v) is 8.51. The number of hydrogen-bond acceptors (Lipinski definition) is 4. The molecule has 164 valence electrons. The van der Waals surface area contributed by atoms with E-state index in [4.69, 9.17) is 0 Å². The van der Waals surface area contributed by atoms with Crippen LogP contribution in [0.1, 0.15) is 43.7 Å². The third-order valence-electron chi connectivity index (χ3n) is 6.26. The van der Waals surface area contributed by atoms with Crippen LogP contribution in [0.3, 0.4) is 0 Å². The minimum absolute atomic E-state index is 0.300. The summed E-state index contributed by atoms with van der Waals surface area (Å²) in [4.78, 5) is 14.8. The summed E-state index contributed by atoms with van der Waals surface area (Å²) in [6.07, 6.45) is 6.69. The molecule has 4 rings (SSSR count). The molecule has 0 aliphatic carbocycles. The van der Waals surface area contributed by atoms with Crippen molar-refractivity contribution in [3.05, 3.63) is 59.5 Å². The summed E-state index contributed by atoms with van der Waals surface area (Å²) in [6, 6.07) is 11.4. The number of anilines is 3. The lowest BCUT2D eigenvalue weighted by molar-refractivity contribution is -0.110. The minimum Gasteiger partial charge on any atom is -0.385 e. The Morgan fingerprint density at radius 3 is 2.94 bits per heavy atom. The molecule has 6 heteroatoms. The molecule has 0 radical (unpaired) electrons. The number of carbonyl (C=O) groups is 1. The Hall–Kier alpha value is -2.86. The van der Waals surface area contributed by atoms with Crippen LogP contribution >= 0.6 is 0 Å². The van der Waals surface area contributed by atoms with Crippen LogP contribution in [0.5, 0.6) is 0 Å². The molecule has 1 unspecified atom stereocenters. The molecule has 1 amide bonds. The Kier molecular flexibility index (Phi) is 6.56. The molecule has 0 bridgehead atoms. The first-order valence-corrected chi connectivity index (χ1v) is 11.2. The van der Waals surface area contributed by atoms with Crippen molar-refractivity contribution >= 4 is 28.5 Å². The molecule has 2 aliphatic heterocycles. The number of halogens is 1. The largest absolute Gasteiger partial charge is 0.385 e. The number of carbonyl (C=O) groups excluding carboxylic acids is 1. The van der Waals surface area contributed by atoms with E-state index in [1.54, 1.807) is 18.3 Å². The van der Waals surface area contributed by atoms with Crippen molar-refractivity contribution in [2.45, 2.75) is 45.6 Å². The van der Waals surface area contributed by atoms with E-state index in [1.807, 2.05) is 18.2 Å². The van der Waals surface area contributed by atoms with Crippen molar-refractivity contribution in [3.63, 3.8) is 0 Å². The molecule has 1 saturated heterocycles. The van der Waals surface area contributed by atoms with Crippen molar-refractivity contribution in [2.24, 2.45) is 0 Å². The third-order valence-corrected chi connectivity index (χ3v) is 6.26. The van der Waals surface area contributed by atoms with Crippen molar-refractivity contribution in [3.8, 4) is 0 Å². The normalized spacial score (nSPS) is 19.9. The Labute approximate surface area is 183 Å². The zero-order valence-corrected chi connectivity index (χ0v) is 18.3. The van der Waals surface area contributed by atoms with E-state index in [1.165, 1.54) is 31.9 Å². The summed E-state index contributed by atoms with van der Waals surface area (Å²) in [5, 5.41) is 9.38. The molecule has 2 aromatic carbocycles. The number of hydrogen-bond donors (Lipinski definition) is 3. The van der Waals surface area contributed by atoms with Gasteiger partial charge in [0.05, 0.1) is 11.3 Å². The predicted octanol–water partition coefficient (Wildman–Crippen LogP) is 5.22. The molecule has 0 saturated carbocycles. The number of likely N-dealkylation sites (tertiary alicyclic amines) is 1. The second-order valence-electron chi connectivity index (χ2n) is 8.51. The number of nitrogens with zero attached hydrogens (tertiary/aromatic N) is 1. The summed E-state index contributed by atoms with van der Waals surface area (Å²) in [5.74, 6) is -0.704. The lowest BCUT2D eigenvalue weighted by atomic mass is 10.0. The first-order chi connectivity index (χ1) is 15.0. The van der Waals surface area contributed by atoms with Crippen LogP contribution in [0.25, 0.3) is 5.57 Å². The van der Waals surface area contributed by atoms with Gasteiger partial charge in [-0.05, 0) is 75.5 Å². The monoisotopic (exact) mass is 422 g/mol. The molecule has 2 heterocycles. The summed E-state index contributed by atoms with van der Waals surface area (Å²) >= 11 is 0. The highest BCUT2D eigenvalue weighted by Gasteiger charge is 2.27.